The van der Waals surface area contributed by atoms with Crippen molar-refractivity contribution in [3.8, 4) is 0 Å². The molecule has 1 amide bonds. The van der Waals surface area contributed by atoms with Gasteiger partial charge < -0.3 is 15.0 Å². The Bertz CT molecular complexity index is 463. The van der Waals surface area contributed by atoms with E-state index in [9.17, 15) is 9.59 Å². The van der Waals surface area contributed by atoms with Gasteiger partial charge in [-0.25, -0.2) is 4.79 Å². The normalized spacial score (nSPS) is 16.7. The fourth-order valence-electron chi connectivity index (χ4n) is 2.35. The number of rotatable bonds is 6. The van der Waals surface area contributed by atoms with Crippen LogP contribution in [-0.4, -0.2) is 27.6 Å². The Kier molecular flexibility index (Phi) is 4.24. The van der Waals surface area contributed by atoms with Crippen molar-refractivity contribution in [3.05, 3.63) is 24.0 Å². The van der Waals surface area contributed by atoms with Gasteiger partial charge in [-0.2, -0.15) is 0 Å². The smallest absolute Gasteiger partial charge is 0.326 e. The van der Waals surface area contributed by atoms with Crippen LogP contribution >= 0.6 is 0 Å². The van der Waals surface area contributed by atoms with E-state index in [4.69, 9.17) is 5.11 Å². The van der Waals surface area contributed by atoms with Crippen LogP contribution in [0.1, 0.15) is 55.6 Å². The molecule has 2 N–H and O–H groups in total. The van der Waals surface area contributed by atoms with E-state index in [1.54, 1.807) is 6.07 Å². The monoisotopic (exact) mass is 264 g/mol. The number of hydrogen-bond donors (Lipinski definition) is 2. The summed E-state index contributed by atoms with van der Waals surface area (Å²) in [5.74, 6) is -1.27. The van der Waals surface area contributed by atoms with Gasteiger partial charge >= 0.3 is 5.97 Å². The minimum atomic E-state index is -0.975. The molecule has 5 heteroatoms. The molecular formula is C14H20N2O3. The van der Waals surface area contributed by atoms with Crippen molar-refractivity contribution < 1.29 is 14.7 Å². The first kappa shape index (κ1) is 13.6. The summed E-state index contributed by atoms with van der Waals surface area (Å²) in [5.41, 5.74) is 0.562. The molecule has 0 aromatic carbocycles. The predicted molar refractivity (Wildman–Crippen MR) is 71.1 cm³/mol. The minimum Gasteiger partial charge on any atom is -0.480 e. The topological polar surface area (TPSA) is 71.3 Å². The van der Waals surface area contributed by atoms with Crippen molar-refractivity contribution >= 4 is 11.9 Å². The maximum atomic E-state index is 12.2. The lowest BCUT2D eigenvalue weighted by molar-refractivity contribution is -0.139. The summed E-state index contributed by atoms with van der Waals surface area (Å²) < 4.78 is 1.96. The lowest BCUT2D eigenvalue weighted by Gasteiger charge is -2.29. The molecular weight excluding hydrogens is 244 g/mol. The maximum Gasteiger partial charge on any atom is 0.326 e. The molecule has 0 spiro atoms. The van der Waals surface area contributed by atoms with Gasteiger partial charge in [0.2, 0.25) is 0 Å². The van der Waals surface area contributed by atoms with Crippen molar-refractivity contribution in [2.75, 3.05) is 0 Å². The Hall–Kier alpha value is -1.78. The van der Waals surface area contributed by atoms with E-state index < -0.39 is 12.0 Å². The number of aromatic nitrogens is 1. The Labute approximate surface area is 112 Å². The summed E-state index contributed by atoms with van der Waals surface area (Å²) >= 11 is 0. The van der Waals surface area contributed by atoms with Crippen LogP contribution in [0.2, 0.25) is 0 Å². The number of carboxylic acids is 1. The van der Waals surface area contributed by atoms with Gasteiger partial charge in [-0.15, -0.1) is 0 Å². The molecule has 1 unspecified atom stereocenters. The van der Waals surface area contributed by atoms with E-state index in [-0.39, 0.29) is 5.91 Å². The Morgan fingerprint density at radius 1 is 1.53 bits per heavy atom. The molecule has 1 saturated carbocycles. The zero-order valence-electron chi connectivity index (χ0n) is 11.1. The summed E-state index contributed by atoms with van der Waals surface area (Å²) in [6.45, 7) is 1.90. The summed E-state index contributed by atoms with van der Waals surface area (Å²) in [5, 5.41) is 11.7. The van der Waals surface area contributed by atoms with Gasteiger partial charge in [0.15, 0.2) is 0 Å². The second-order valence-electron chi connectivity index (χ2n) is 5.04. The zero-order chi connectivity index (χ0) is 13.8. The molecule has 1 heterocycles. The summed E-state index contributed by atoms with van der Waals surface area (Å²) in [6.07, 6.45) is 6.44. The van der Waals surface area contributed by atoms with Crippen molar-refractivity contribution in [2.45, 2.75) is 51.1 Å². The molecule has 1 aromatic rings. The number of hydrogen-bond acceptors (Lipinski definition) is 2. The molecule has 0 radical (unpaired) electrons. The third-order valence-corrected chi connectivity index (χ3v) is 3.66. The first-order valence-electron chi connectivity index (χ1n) is 6.84. The maximum absolute atomic E-state index is 12.2. The van der Waals surface area contributed by atoms with Crippen LogP contribution in [0.3, 0.4) is 0 Å². The third kappa shape index (κ3) is 2.97. The van der Waals surface area contributed by atoms with Crippen LogP contribution in [0, 0.1) is 0 Å². The van der Waals surface area contributed by atoms with Crippen LogP contribution in [-0.2, 0) is 4.79 Å². The Balaban J connectivity index is 2.06. The molecule has 5 nitrogen and oxygen atoms in total. The van der Waals surface area contributed by atoms with E-state index in [0.29, 0.717) is 18.2 Å². The first-order valence-corrected chi connectivity index (χ1v) is 6.84. The van der Waals surface area contributed by atoms with Crippen LogP contribution in [0.5, 0.6) is 0 Å². The van der Waals surface area contributed by atoms with E-state index in [2.05, 4.69) is 5.32 Å². The number of carbonyl (C=O) groups is 2. The average Bonchev–Trinajstić information content (AvgIpc) is 2.74. The average molecular weight is 264 g/mol. The van der Waals surface area contributed by atoms with Crippen LogP contribution in [0.4, 0.5) is 0 Å². The summed E-state index contributed by atoms with van der Waals surface area (Å²) in [7, 11) is 0. The van der Waals surface area contributed by atoms with Crippen molar-refractivity contribution in [3.63, 3.8) is 0 Å². The molecule has 2 rings (SSSR count). The number of nitrogens with zero attached hydrogens (tertiary/aromatic N) is 1. The quantitative estimate of drug-likeness (QED) is 0.827. The number of amides is 1. The van der Waals surface area contributed by atoms with Gasteiger partial charge in [-0.1, -0.05) is 13.3 Å². The molecule has 0 aliphatic heterocycles. The SMILES string of the molecule is CCCC(NC(=O)c1cccn1C1CCC1)C(=O)O. The molecule has 1 aromatic heterocycles. The molecule has 1 fully saturated rings. The lowest BCUT2D eigenvalue weighted by atomic mass is 9.93. The highest BCUT2D eigenvalue weighted by atomic mass is 16.4. The number of carbonyl (C=O) groups excluding carboxylic acids is 1. The van der Waals surface area contributed by atoms with Gasteiger partial charge in [-0.3, -0.25) is 4.79 Å². The summed E-state index contributed by atoms with van der Waals surface area (Å²) in [6, 6.07) is 3.17. The standard InChI is InChI=1S/C14H20N2O3/c1-2-5-11(14(18)19)15-13(17)12-8-4-9-16(12)10-6-3-7-10/h4,8-11H,2-3,5-7H2,1H3,(H,15,17)(H,18,19). The van der Waals surface area contributed by atoms with Crippen molar-refractivity contribution in [1.29, 1.82) is 0 Å². The highest BCUT2D eigenvalue weighted by Gasteiger charge is 2.25. The van der Waals surface area contributed by atoms with Gasteiger partial charge in [0, 0.05) is 12.2 Å². The van der Waals surface area contributed by atoms with Crippen molar-refractivity contribution in [1.82, 2.24) is 9.88 Å². The van der Waals surface area contributed by atoms with Gasteiger partial charge in [0.25, 0.3) is 5.91 Å². The molecule has 104 valence electrons. The zero-order valence-corrected chi connectivity index (χ0v) is 11.1. The number of aliphatic carboxylic acids is 1. The molecule has 1 aliphatic rings. The van der Waals surface area contributed by atoms with Gasteiger partial charge in [-0.05, 0) is 37.8 Å². The van der Waals surface area contributed by atoms with E-state index >= 15 is 0 Å². The second kappa shape index (κ2) is 5.91. The minimum absolute atomic E-state index is 0.294. The fraction of sp³-hybridized carbons (Fsp3) is 0.571. The molecule has 0 saturated heterocycles. The van der Waals surface area contributed by atoms with Gasteiger partial charge in [0.05, 0.1) is 0 Å². The second-order valence-corrected chi connectivity index (χ2v) is 5.04. The Morgan fingerprint density at radius 2 is 2.26 bits per heavy atom. The molecule has 1 atom stereocenters. The highest BCUT2D eigenvalue weighted by Crippen LogP contribution is 2.32. The highest BCUT2D eigenvalue weighted by molar-refractivity contribution is 5.95. The molecule has 1 aliphatic carbocycles. The summed E-state index contributed by atoms with van der Waals surface area (Å²) in [4.78, 5) is 23.2. The Morgan fingerprint density at radius 3 is 2.79 bits per heavy atom. The number of nitrogens with one attached hydrogen (secondary N) is 1. The lowest BCUT2D eigenvalue weighted by Crippen LogP contribution is -2.41. The third-order valence-electron chi connectivity index (χ3n) is 3.66. The van der Waals surface area contributed by atoms with Crippen LogP contribution in [0.15, 0.2) is 18.3 Å². The van der Waals surface area contributed by atoms with Crippen LogP contribution in [0.25, 0.3) is 0 Å². The van der Waals surface area contributed by atoms with E-state index in [1.807, 2.05) is 23.8 Å². The predicted octanol–water partition coefficient (Wildman–Crippen LogP) is 2.20. The van der Waals surface area contributed by atoms with Crippen molar-refractivity contribution in [2.24, 2.45) is 0 Å². The van der Waals surface area contributed by atoms with E-state index in [1.165, 1.54) is 6.42 Å². The van der Waals surface area contributed by atoms with Crippen LogP contribution < -0.4 is 5.32 Å². The first-order chi connectivity index (χ1) is 9.13. The van der Waals surface area contributed by atoms with E-state index in [0.717, 1.165) is 19.3 Å². The fourth-order valence-corrected chi connectivity index (χ4v) is 2.35. The molecule has 0 bridgehead atoms. The number of carboxylic acid groups (broad SMARTS) is 1. The molecule has 19 heavy (non-hydrogen) atoms. The largest absolute Gasteiger partial charge is 0.480 e. The van der Waals surface area contributed by atoms with Gasteiger partial charge in [0.1, 0.15) is 11.7 Å².